The minimum atomic E-state index is -3.27. The van der Waals surface area contributed by atoms with Crippen molar-refractivity contribution in [3.63, 3.8) is 0 Å². The van der Waals surface area contributed by atoms with E-state index in [0.29, 0.717) is 26.1 Å². The van der Waals surface area contributed by atoms with Gasteiger partial charge in [0.15, 0.2) is 11.6 Å². The fourth-order valence-corrected chi connectivity index (χ4v) is 16.4. The maximum absolute atomic E-state index is 17.7. The summed E-state index contributed by atoms with van der Waals surface area (Å²) in [4.78, 5) is 13.3. The molecule has 4 aliphatic heterocycles. The molecule has 4 saturated heterocycles. The van der Waals surface area contributed by atoms with Crippen molar-refractivity contribution in [1.82, 2.24) is 20.2 Å². The molecule has 59 heavy (non-hydrogen) atoms. The highest BCUT2D eigenvalue weighted by molar-refractivity contribution is 6.90. The second kappa shape index (κ2) is 15.9. The number of benzene rings is 3. The summed E-state index contributed by atoms with van der Waals surface area (Å²) in [6.45, 7) is 11.4. The van der Waals surface area contributed by atoms with Crippen molar-refractivity contribution in [2.24, 2.45) is 0 Å². The van der Waals surface area contributed by atoms with E-state index in [4.69, 9.17) is 26.1 Å². The number of nitrogens with one attached hydrogen (secondary N) is 1. The van der Waals surface area contributed by atoms with Crippen LogP contribution < -0.4 is 19.7 Å². The quantitative estimate of drug-likeness (QED) is 0.0738. The van der Waals surface area contributed by atoms with Crippen LogP contribution in [0.2, 0.25) is 21.6 Å². The van der Waals surface area contributed by atoms with Gasteiger partial charge < -0.3 is 19.7 Å². The maximum atomic E-state index is 17.7. The second-order valence-electron chi connectivity index (χ2n) is 17.8. The molecule has 0 amide bonds. The number of rotatable bonds is 10. The topological polar surface area (TPSA) is 62.8 Å². The van der Waals surface area contributed by atoms with Crippen LogP contribution in [-0.4, -0.2) is 86.1 Å². The molecule has 8 rings (SSSR count). The molecule has 4 atom stereocenters. The Morgan fingerprint density at radius 1 is 0.949 bits per heavy atom. The van der Waals surface area contributed by atoms with Gasteiger partial charge in [-0.1, -0.05) is 65.1 Å². The molecule has 7 nitrogen and oxygen atoms in total. The molecule has 3 aromatic carbocycles. The third-order valence-electron chi connectivity index (χ3n) is 13.5. The van der Waals surface area contributed by atoms with E-state index in [1.807, 2.05) is 4.90 Å². The number of anilines is 1. The molecule has 4 aromatic rings. The Labute approximate surface area is 347 Å². The molecule has 2 unspecified atom stereocenters. The van der Waals surface area contributed by atoms with Crippen LogP contribution in [0, 0.1) is 28.9 Å². The predicted molar refractivity (Wildman–Crippen MR) is 223 cm³/mol. The van der Waals surface area contributed by atoms with Gasteiger partial charge in [0.25, 0.3) is 0 Å². The lowest BCUT2D eigenvalue weighted by Gasteiger charge is -2.38. The number of nitrogens with zero attached hydrogens (tertiary/aromatic N) is 4. The molecule has 4 fully saturated rings. The monoisotopic (exact) mass is 857 g/mol. The number of piperazine rings is 1. The molecule has 4 aliphatic rings. The van der Waals surface area contributed by atoms with Gasteiger partial charge in [-0.2, -0.15) is 18.7 Å². The first kappa shape index (κ1) is 41.9. The zero-order valence-corrected chi connectivity index (χ0v) is 35.9. The summed E-state index contributed by atoms with van der Waals surface area (Å²) in [5.74, 6) is -0.210. The van der Waals surface area contributed by atoms with Gasteiger partial charge in [-0.3, -0.25) is 4.90 Å². The standard InChI is InChI=1S/C44H50ClF6N5O2Si/c1-23(2)59(24(3)4,25(5)6)15-12-31-33(47)11-8-26-16-30(58-42(50)51)17-32(34(26)31)35-38(48)37(45)36-40(39(35)49)53-43(54-41(36)55-20-28-9-10-29(21-55)52-28)57-22-44-13-7-14-56(44)19-27(46)18-44/h8,11,16-17,23-25,27-29,42,52H,7,9-10,13-14,18-22H2,1-6H3/t27-,28?,29?,44+/m1/s1. The fourth-order valence-electron chi connectivity index (χ4n) is 10.9. The summed E-state index contributed by atoms with van der Waals surface area (Å²) in [5, 5.41) is 3.16. The average molecular weight is 858 g/mol. The molecule has 1 N–H and O–H groups in total. The van der Waals surface area contributed by atoms with Crippen molar-refractivity contribution in [1.29, 1.82) is 0 Å². The van der Waals surface area contributed by atoms with Crippen LogP contribution in [0.15, 0.2) is 24.3 Å². The van der Waals surface area contributed by atoms with Crippen LogP contribution in [0.25, 0.3) is 32.8 Å². The Kier molecular flexibility index (Phi) is 11.3. The van der Waals surface area contributed by atoms with E-state index in [2.05, 4.69) is 68.2 Å². The van der Waals surface area contributed by atoms with Crippen molar-refractivity contribution < 1.29 is 35.8 Å². The number of hydrogen-bond acceptors (Lipinski definition) is 7. The lowest BCUT2D eigenvalue weighted by molar-refractivity contribution is -0.0497. The van der Waals surface area contributed by atoms with Gasteiger partial charge in [-0.15, -0.1) is 5.54 Å². The Hall–Kier alpha value is -3.77. The molecule has 5 heterocycles. The molecular formula is C44H50ClF6N5O2Si. The Balaban J connectivity index is 1.37. The van der Waals surface area contributed by atoms with E-state index in [1.54, 1.807) is 0 Å². The smallest absolute Gasteiger partial charge is 0.387 e. The maximum Gasteiger partial charge on any atom is 0.387 e. The summed E-state index contributed by atoms with van der Waals surface area (Å²) >= 11 is 6.96. The molecule has 316 valence electrons. The molecule has 2 bridgehead atoms. The summed E-state index contributed by atoms with van der Waals surface area (Å²) in [6.07, 6.45) is 2.69. The largest absolute Gasteiger partial charge is 0.461 e. The van der Waals surface area contributed by atoms with Crippen LogP contribution in [0.4, 0.5) is 32.2 Å². The van der Waals surface area contributed by atoms with Gasteiger partial charge >= 0.3 is 12.6 Å². The van der Waals surface area contributed by atoms with Gasteiger partial charge in [0.05, 0.1) is 27.1 Å². The predicted octanol–water partition coefficient (Wildman–Crippen LogP) is 10.6. The van der Waals surface area contributed by atoms with Crippen molar-refractivity contribution in [3.05, 3.63) is 52.3 Å². The molecule has 0 spiro atoms. The molecule has 0 aliphatic carbocycles. The molecule has 15 heteroatoms. The minimum absolute atomic E-state index is 0.0124. The highest BCUT2D eigenvalue weighted by Gasteiger charge is 2.49. The lowest BCUT2D eigenvalue weighted by atomic mass is 9.92. The van der Waals surface area contributed by atoms with E-state index in [0.717, 1.165) is 37.9 Å². The van der Waals surface area contributed by atoms with Crippen LogP contribution in [0.1, 0.15) is 79.2 Å². The number of ether oxygens (including phenoxy) is 2. The highest BCUT2D eigenvalue weighted by atomic mass is 35.5. The van der Waals surface area contributed by atoms with E-state index in [9.17, 15) is 13.2 Å². The Morgan fingerprint density at radius 2 is 1.64 bits per heavy atom. The summed E-state index contributed by atoms with van der Waals surface area (Å²) < 4.78 is 104. The first-order valence-electron chi connectivity index (χ1n) is 20.7. The normalized spacial score (nSPS) is 23.3. The van der Waals surface area contributed by atoms with Gasteiger partial charge in [0.2, 0.25) is 0 Å². The third-order valence-corrected chi connectivity index (χ3v) is 20.1. The van der Waals surface area contributed by atoms with Gasteiger partial charge in [-0.25, -0.2) is 17.6 Å². The third kappa shape index (κ3) is 7.31. The van der Waals surface area contributed by atoms with Gasteiger partial charge in [0, 0.05) is 49.1 Å². The highest BCUT2D eigenvalue weighted by Crippen LogP contribution is 2.47. The van der Waals surface area contributed by atoms with Gasteiger partial charge in [-0.05, 0) is 72.4 Å². The van der Waals surface area contributed by atoms with Crippen LogP contribution in [-0.2, 0) is 0 Å². The number of fused-ring (bicyclic) bond motifs is 5. The Bertz CT molecular complexity index is 2320. The van der Waals surface area contributed by atoms with E-state index in [-0.39, 0.29) is 86.4 Å². The summed E-state index contributed by atoms with van der Waals surface area (Å²) in [5.41, 5.74) is 2.02. The zero-order valence-electron chi connectivity index (χ0n) is 34.2. The molecular weight excluding hydrogens is 808 g/mol. The lowest BCUT2D eigenvalue weighted by Crippen LogP contribution is -2.51. The van der Waals surface area contributed by atoms with Crippen molar-refractivity contribution in [3.8, 4) is 34.4 Å². The second-order valence-corrected chi connectivity index (χ2v) is 23.8. The van der Waals surface area contributed by atoms with Crippen molar-refractivity contribution >= 4 is 47.2 Å². The van der Waals surface area contributed by atoms with E-state index >= 15 is 13.2 Å². The SMILES string of the molecule is CC(C)[Si](C#Cc1c(F)ccc2cc(OC(F)F)cc(-c3c(F)c(Cl)c4c(N5CC6CCC(C5)N6)nc(OC[C@@]56CCCN5C[C@H](F)C6)nc4c3F)c12)(C(C)C)C(C)C. The number of alkyl halides is 3. The first-order chi connectivity index (χ1) is 28.0. The van der Waals surface area contributed by atoms with Gasteiger partial charge in [0.1, 0.15) is 43.8 Å². The van der Waals surface area contributed by atoms with E-state index < -0.39 is 60.2 Å². The summed E-state index contributed by atoms with van der Waals surface area (Å²) in [7, 11) is -2.47. The average Bonchev–Trinajstić information content (AvgIpc) is 3.82. The van der Waals surface area contributed by atoms with E-state index in [1.165, 1.54) is 12.1 Å². The number of aromatic nitrogens is 2. The van der Waals surface area contributed by atoms with Crippen LogP contribution in [0.5, 0.6) is 11.8 Å². The van der Waals surface area contributed by atoms with Crippen LogP contribution >= 0.6 is 11.6 Å². The number of hydrogen-bond donors (Lipinski definition) is 1. The van der Waals surface area contributed by atoms with Crippen molar-refractivity contribution in [2.75, 3.05) is 37.7 Å². The fraction of sp³-hybridized carbons (Fsp3) is 0.545. The first-order valence-corrected chi connectivity index (χ1v) is 23.3. The number of halogens is 7. The van der Waals surface area contributed by atoms with Crippen molar-refractivity contribution in [2.45, 2.75) is 121 Å². The molecule has 1 aromatic heterocycles. The molecule has 0 radical (unpaired) electrons. The Morgan fingerprint density at radius 3 is 2.31 bits per heavy atom. The minimum Gasteiger partial charge on any atom is -0.461 e. The van der Waals surface area contributed by atoms with Crippen LogP contribution in [0.3, 0.4) is 0 Å². The summed E-state index contributed by atoms with van der Waals surface area (Å²) in [6, 6.07) is 4.88. The zero-order chi connectivity index (χ0) is 42.1. The molecule has 0 saturated carbocycles.